The minimum absolute atomic E-state index is 0.199. The van der Waals surface area contributed by atoms with Crippen molar-refractivity contribution < 1.29 is 22.8 Å². The number of nitrogens with one attached hydrogen (secondary N) is 1. The number of likely N-dealkylation sites (tertiary alicyclic amines) is 1. The molecule has 10 heteroatoms. The van der Waals surface area contributed by atoms with E-state index in [0.717, 1.165) is 37.0 Å². The number of aryl methyl sites for hydroxylation is 1. The third-order valence-corrected chi connectivity index (χ3v) is 5.19. The van der Waals surface area contributed by atoms with Crippen molar-refractivity contribution in [2.24, 2.45) is 7.05 Å². The zero-order chi connectivity index (χ0) is 21.2. The summed E-state index contributed by atoms with van der Waals surface area (Å²) in [5.41, 5.74) is 0.0658. The summed E-state index contributed by atoms with van der Waals surface area (Å²) in [6, 6.07) is 3.12. The fourth-order valence-corrected chi connectivity index (χ4v) is 3.65. The lowest BCUT2D eigenvalue weighted by Crippen LogP contribution is -2.46. The molecule has 0 aliphatic carbocycles. The van der Waals surface area contributed by atoms with Gasteiger partial charge in [0.05, 0.1) is 22.8 Å². The molecule has 1 saturated heterocycles. The number of rotatable bonds is 3. The third-order valence-electron chi connectivity index (χ3n) is 4.86. The lowest BCUT2D eigenvalue weighted by atomic mass is 9.97. The number of hydrogen-bond donors (Lipinski definition) is 1. The van der Waals surface area contributed by atoms with Gasteiger partial charge >= 0.3 is 18.0 Å². The summed E-state index contributed by atoms with van der Waals surface area (Å²) in [5, 5.41) is 6.11. The second-order valence-corrected chi connectivity index (χ2v) is 7.36. The number of carbonyl (C=O) groups is 2. The number of alkyl halides is 3. The topological polar surface area (TPSA) is 67.2 Å². The van der Waals surface area contributed by atoms with Gasteiger partial charge in [-0.2, -0.15) is 18.3 Å². The van der Waals surface area contributed by atoms with E-state index in [1.54, 1.807) is 24.1 Å². The molecule has 0 spiro atoms. The number of hydrogen-bond acceptors (Lipinski definition) is 3. The van der Waals surface area contributed by atoms with Crippen LogP contribution in [0.15, 0.2) is 30.6 Å². The standard InChI is InChI=1S/C19H20ClF3N4O2/c1-26-11-13(10-25-26)16-4-2-3-7-27(16)18(29)17(28)24-9-12-5-6-15(20)14(8-12)19(21,22)23/h5-6,8,10-11,16H,2-4,7,9H2,1H3,(H,24,28). The van der Waals surface area contributed by atoms with Gasteiger partial charge in [-0.1, -0.05) is 17.7 Å². The minimum Gasteiger partial charge on any atom is -0.344 e. The molecule has 2 heterocycles. The van der Waals surface area contributed by atoms with Crippen LogP contribution in [0.3, 0.4) is 0 Å². The molecule has 1 aliphatic rings. The first-order chi connectivity index (χ1) is 13.7. The molecule has 1 aromatic carbocycles. The van der Waals surface area contributed by atoms with Gasteiger partial charge in [0.15, 0.2) is 0 Å². The van der Waals surface area contributed by atoms with Crippen LogP contribution in [0.25, 0.3) is 0 Å². The van der Waals surface area contributed by atoms with E-state index in [0.29, 0.717) is 6.54 Å². The Morgan fingerprint density at radius 1 is 1.31 bits per heavy atom. The molecule has 2 aromatic rings. The minimum atomic E-state index is -4.60. The van der Waals surface area contributed by atoms with Crippen LogP contribution in [0.5, 0.6) is 0 Å². The van der Waals surface area contributed by atoms with Crippen LogP contribution in [0.2, 0.25) is 5.02 Å². The van der Waals surface area contributed by atoms with Crippen molar-refractivity contribution in [3.05, 3.63) is 52.3 Å². The highest BCUT2D eigenvalue weighted by Crippen LogP contribution is 2.35. The SMILES string of the molecule is Cn1cc(C2CCCCN2C(=O)C(=O)NCc2ccc(Cl)c(C(F)(F)F)c2)cn1. The maximum absolute atomic E-state index is 13.0. The van der Waals surface area contributed by atoms with Crippen LogP contribution in [-0.2, 0) is 29.4 Å². The zero-order valence-corrected chi connectivity index (χ0v) is 16.4. The van der Waals surface area contributed by atoms with E-state index in [4.69, 9.17) is 11.6 Å². The zero-order valence-electron chi connectivity index (χ0n) is 15.7. The van der Waals surface area contributed by atoms with Crippen LogP contribution in [0.1, 0.15) is 42.0 Å². The third kappa shape index (κ3) is 4.90. The fourth-order valence-electron chi connectivity index (χ4n) is 3.42. The van der Waals surface area contributed by atoms with Gasteiger partial charge in [0.1, 0.15) is 0 Å². The van der Waals surface area contributed by atoms with Crippen LogP contribution in [-0.4, -0.2) is 33.0 Å². The first-order valence-corrected chi connectivity index (χ1v) is 9.47. The van der Waals surface area contributed by atoms with Crippen molar-refractivity contribution in [3.8, 4) is 0 Å². The van der Waals surface area contributed by atoms with Crippen molar-refractivity contribution in [1.82, 2.24) is 20.0 Å². The van der Waals surface area contributed by atoms with Crippen molar-refractivity contribution in [3.63, 3.8) is 0 Å². The highest BCUT2D eigenvalue weighted by Gasteiger charge is 2.34. The molecule has 1 atom stereocenters. The molecule has 2 amide bonds. The molecule has 6 nitrogen and oxygen atoms in total. The van der Waals surface area contributed by atoms with Crippen LogP contribution >= 0.6 is 11.6 Å². The first-order valence-electron chi connectivity index (χ1n) is 9.10. The highest BCUT2D eigenvalue weighted by atomic mass is 35.5. The Labute approximate surface area is 170 Å². The molecule has 1 N–H and O–H groups in total. The highest BCUT2D eigenvalue weighted by molar-refractivity contribution is 6.35. The molecular weight excluding hydrogens is 409 g/mol. The van der Waals surface area contributed by atoms with E-state index in [-0.39, 0.29) is 18.2 Å². The Morgan fingerprint density at radius 3 is 2.72 bits per heavy atom. The van der Waals surface area contributed by atoms with E-state index in [1.807, 2.05) is 0 Å². The number of halogens is 4. The van der Waals surface area contributed by atoms with Crippen molar-refractivity contribution in [2.75, 3.05) is 6.54 Å². The van der Waals surface area contributed by atoms with Crippen molar-refractivity contribution >= 4 is 23.4 Å². The normalized spacial score (nSPS) is 17.3. The Bertz CT molecular complexity index is 913. The molecule has 29 heavy (non-hydrogen) atoms. The number of benzene rings is 1. The molecule has 1 aliphatic heterocycles. The molecule has 3 rings (SSSR count). The van der Waals surface area contributed by atoms with Gasteiger partial charge in [-0.25, -0.2) is 0 Å². The lowest BCUT2D eigenvalue weighted by molar-refractivity contribution is -0.148. The van der Waals surface area contributed by atoms with Crippen LogP contribution < -0.4 is 5.32 Å². The first kappa shape index (κ1) is 21.2. The summed E-state index contributed by atoms with van der Waals surface area (Å²) in [4.78, 5) is 26.5. The Kier molecular flexibility index (Phi) is 6.16. The van der Waals surface area contributed by atoms with Gasteiger partial charge < -0.3 is 10.2 Å². The van der Waals surface area contributed by atoms with Crippen molar-refractivity contribution in [1.29, 1.82) is 0 Å². The van der Waals surface area contributed by atoms with E-state index < -0.39 is 28.6 Å². The molecule has 1 fully saturated rings. The fraction of sp³-hybridized carbons (Fsp3) is 0.421. The summed E-state index contributed by atoms with van der Waals surface area (Å²) < 4.78 is 40.5. The van der Waals surface area contributed by atoms with Gasteiger partial charge in [-0.3, -0.25) is 14.3 Å². The second kappa shape index (κ2) is 8.44. The Morgan fingerprint density at radius 2 is 2.07 bits per heavy atom. The summed E-state index contributed by atoms with van der Waals surface area (Å²) in [5.74, 6) is -1.56. The quantitative estimate of drug-likeness (QED) is 0.761. The number of amides is 2. The molecule has 1 unspecified atom stereocenters. The Hall–Kier alpha value is -2.55. The van der Waals surface area contributed by atoms with Crippen LogP contribution in [0.4, 0.5) is 13.2 Å². The molecule has 1 aromatic heterocycles. The van der Waals surface area contributed by atoms with Gasteiger partial charge in [-0.15, -0.1) is 0 Å². The predicted molar refractivity (Wildman–Crippen MR) is 99.8 cm³/mol. The Balaban J connectivity index is 1.68. The maximum atomic E-state index is 13.0. The van der Waals surface area contributed by atoms with Crippen molar-refractivity contribution in [2.45, 2.75) is 38.0 Å². The van der Waals surface area contributed by atoms with E-state index in [9.17, 15) is 22.8 Å². The lowest BCUT2D eigenvalue weighted by Gasteiger charge is -2.34. The van der Waals surface area contributed by atoms with Gasteiger partial charge in [0.25, 0.3) is 0 Å². The maximum Gasteiger partial charge on any atom is 0.417 e. The van der Waals surface area contributed by atoms with Crippen LogP contribution in [0, 0.1) is 0 Å². The summed E-state index contributed by atoms with van der Waals surface area (Å²) in [6.45, 7) is 0.223. The molecule has 0 bridgehead atoms. The van der Waals surface area contributed by atoms with Gasteiger partial charge in [-0.05, 0) is 37.0 Å². The molecular formula is C19H20ClF3N4O2. The average molecular weight is 429 g/mol. The predicted octanol–water partition coefficient (Wildman–Crippen LogP) is 3.46. The summed E-state index contributed by atoms with van der Waals surface area (Å²) >= 11 is 5.60. The summed E-state index contributed by atoms with van der Waals surface area (Å²) in [6.07, 6.45) is 1.30. The number of carbonyl (C=O) groups excluding carboxylic acids is 2. The monoisotopic (exact) mass is 428 g/mol. The molecule has 0 saturated carbocycles. The average Bonchev–Trinajstić information content (AvgIpc) is 3.11. The molecule has 0 radical (unpaired) electrons. The van der Waals surface area contributed by atoms with E-state index in [2.05, 4.69) is 10.4 Å². The molecule has 156 valence electrons. The summed E-state index contributed by atoms with van der Waals surface area (Å²) in [7, 11) is 1.77. The second-order valence-electron chi connectivity index (χ2n) is 6.95. The van der Waals surface area contributed by atoms with Gasteiger partial charge in [0, 0.05) is 31.9 Å². The number of piperidine rings is 1. The smallest absolute Gasteiger partial charge is 0.344 e. The number of aromatic nitrogens is 2. The van der Waals surface area contributed by atoms with E-state index in [1.165, 1.54) is 11.0 Å². The largest absolute Gasteiger partial charge is 0.417 e. The number of nitrogens with zero attached hydrogens (tertiary/aromatic N) is 3. The van der Waals surface area contributed by atoms with E-state index >= 15 is 0 Å². The van der Waals surface area contributed by atoms with Gasteiger partial charge in [0.2, 0.25) is 0 Å².